The fourth-order valence-corrected chi connectivity index (χ4v) is 1.79. The van der Waals surface area contributed by atoms with Gasteiger partial charge in [-0.1, -0.05) is 12.5 Å². The van der Waals surface area contributed by atoms with Gasteiger partial charge in [0.05, 0.1) is 6.08 Å². The smallest absolute Gasteiger partial charge is 0.170 e. The van der Waals surface area contributed by atoms with Gasteiger partial charge in [0.2, 0.25) is 0 Å². The zero-order chi connectivity index (χ0) is 8.97. The Kier molecular flexibility index (Phi) is 3.01. The van der Waals surface area contributed by atoms with Crippen molar-refractivity contribution < 1.29 is 9.59 Å². The Morgan fingerprint density at radius 1 is 1.50 bits per heavy atom. The van der Waals surface area contributed by atoms with Crippen LogP contribution >= 0.6 is 0 Å². The van der Waals surface area contributed by atoms with Crippen LogP contribution < -0.4 is 0 Å². The molecule has 0 aromatic heterocycles. The van der Waals surface area contributed by atoms with E-state index < -0.39 is 0 Å². The average Bonchev–Trinajstić information content (AvgIpc) is 2.51. The van der Waals surface area contributed by atoms with E-state index in [1.54, 1.807) is 0 Å². The van der Waals surface area contributed by atoms with E-state index >= 15 is 0 Å². The Balaban J connectivity index is 2.67. The number of carbonyl (C=O) groups is 1. The first kappa shape index (κ1) is 8.95. The molecule has 2 atom stereocenters. The van der Waals surface area contributed by atoms with Crippen LogP contribution in [0.4, 0.5) is 0 Å². The summed E-state index contributed by atoms with van der Waals surface area (Å²) in [6.45, 7) is 3.67. The maximum absolute atomic E-state index is 11.2. The molecule has 1 aliphatic carbocycles. The summed E-state index contributed by atoms with van der Waals surface area (Å²) in [6, 6.07) is 0. The molecule has 0 unspecified atom stereocenters. The molecule has 1 aliphatic rings. The first-order valence-corrected chi connectivity index (χ1v) is 4.17. The standard InChI is InChI=1S/C10H12O2/c1-2-8-4-3-5-9(8)10(12)6-7-11/h2,6,8-9H,1,3-5H2/t8-,9+/m1/s1. The zero-order valence-electron chi connectivity index (χ0n) is 6.95. The summed E-state index contributed by atoms with van der Waals surface area (Å²) in [5.74, 6) is 1.70. The van der Waals surface area contributed by atoms with Crippen LogP contribution in [0.3, 0.4) is 0 Å². The minimum Gasteiger partial charge on any atom is -0.294 e. The molecule has 0 heterocycles. The molecule has 0 saturated heterocycles. The molecule has 0 aromatic carbocycles. The lowest BCUT2D eigenvalue weighted by Crippen LogP contribution is -2.15. The number of hydrogen-bond acceptors (Lipinski definition) is 2. The summed E-state index contributed by atoms with van der Waals surface area (Å²) in [6.07, 6.45) is 5.78. The Hall–Kier alpha value is -1.14. The monoisotopic (exact) mass is 164 g/mol. The van der Waals surface area contributed by atoms with Crippen molar-refractivity contribution in [3.05, 3.63) is 18.7 Å². The molecule has 64 valence electrons. The van der Waals surface area contributed by atoms with Crippen LogP contribution in [0.2, 0.25) is 0 Å². The summed E-state index contributed by atoms with van der Waals surface area (Å²) >= 11 is 0. The molecule has 2 nitrogen and oxygen atoms in total. The highest BCUT2D eigenvalue weighted by Gasteiger charge is 2.29. The maximum Gasteiger partial charge on any atom is 0.170 e. The summed E-state index contributed by atoms with van der Waals surface area (Å²) < 4.78 is 0. The van der Waals surface area contributed by atoms with Crippen molar-refractivity contribution >= 4 is 11.7 Å². The van der Waals surface area contributed by atoms with Gasteiger partial charge in [-0.15, -0.1) is 6.58 Å². The molecule has 0 bridgehead atoms. The van der Waals surface area contributed by atoms with E-state index in [4.69, 9.17) is 0 Å². The van der Waals surface area contributed by atoms with Gasteiger partial charge in [0, 0.05) is 5.92 Å². The van der Waals surface area contributed by atoms with Crippen molar-refractivity contribution in [1.29, 1.82) is 0 Å². The van der Waals surface area contributed by atoms with Crippen molar-refractivity contribution in [3.63, 3.8) is 0 Å². The molecule has 1 saturated carbocycles. The number of allylic oxidation sites excluding steroid dienone is 2. The van der Waals surface area contributed by atoms with E-state index in [2.05, 4.69) is 6.58 Å². The summed E-state index contributed by atoms with van der Waals surface area (Å²) in [7, 11) is 0. The third-order valence-corrected chi connectivity index (χ3v) is 2.44. The highest BCUT2D eigenvalue weighted by Crippen LogP contribution is 2.32. The third kappa shape index (κ3) is 1.72. The minimum absolute atomic E-state index is 0.0102. The maximum atomic E-state index is 11.2. The molecule has 0 spiro atoms. The molecule has 12 heavy (non-hydrogen) atoms. The predicted octanol–water partition coefficient (Wildman–Crippen LogP) is 1.55. The van der Waals surface area contributed by atoms with Gasteiger partial charge in [0.1, 0.15) is 5.94 Å². The van der Waals surface area contributed by atoms with Gasteiger partial charge < -0.3 is 0 Å². The molecule has 0 amide bonds. The third-order valence-electron chi connectivity index (χ3n) is 2.44. The minimum atomic E-state index is -0.0904. The molecular weight excluding hydrogens is 152 g/mol. The Labute approximate surface area is 72.0 Å². The summed E-state index contributed by atoms with van der Waals surface area (Å²) in [5, 5.41) is 0. The lowest BCUT2D eigenvalue weighted by molar-refractivity contribution is -0.118. The molecule has 0 radical (unpaired) electrons. The van der Waals surface area contributed by atoms with Crippen LogP contribution in [0.1, 0.15) is 19.3 Å². The van der Waals surface area contributed by atoms with Gasteiger partial charge >= 0.3 is 0 Å². The quantitative estimate of drug-likeness (QED) is 0.360. The second-order valence-electron chi connectivity index (χ2n) is 3.10. The summed E-state index contributed by atoms with van der Waals surface area (Å²) in [5.41, 5.74) is 0. The lowest BCUT2D eigenvalue weighted by Gasteiger charge is -2.10. The van der Waals surface area contributed by atoms with Gasteiger partial charge in [-0.3, -0.25) is 4.79 Å². The Morgan fingerprint density at radius 3 is 2.83 bits per heavy atom. The molecule has 0 N–H and O–H groups in total. The van der Waals surface area contributed by atoms with Crippen LogP contribution in [0.25, 0.3) is 0 Å². The first-order chi connectivity index (χ1) is 5.79. The fourth-order valence-electron chi connectivity index (χ4n) is 1.79. The largest absolute Gasteiger partial charge is 0.294 e. The van der Waals surface area contributed by atoms with Gasteiger partial charge in [0.15, 0.2) is 5.78 Å². The van der Waals surface area contributed by atoms with Gasteiger partial charge in [-0.25, -0.2) is 4.79 Å². The second-order valence-corrected chi connectivity index (χ2v) is 3.10. The zero-order valence-corrected chi connectivity index (χ0v) is 6.95. The van der Waals surface area contributed by atoms with E-state index in [9.17, 15) is 9.59 Å². The summed E-state index contributed by atoms with van der Waals surface area (Å²) in [4.78, 5) is 21.2. The number of hydrogen-bond donors (Lipinski definition) is 0. The van der Waals surface area contributed by atoms with E-state index in [-0.39, 0.29) is 17.6 Å². The number of ketones is 1. The molecule has 1 rings (SSSR count). The average molecular weight is 164 g/mol. The van der Waals surface area contributed by atoms with Crippen LogP contribution in [0, 0.1) is 11.8 Å². The van der Waals surface area contributed by atoms with Gasteiger partial charge in [-0.05, 0) is 18.8 Å². The highest BCUT2D eigenvalue weighted by atomic mass is 16.1. The van der Waals surface area contributed by atoms with E-state index in [1.807, 2.05) is 6.08 Å². The molecule has 1 fully saturated rings. The molecule has 0 aromatic rings. The van der Waals surface area contributed by atoms with Crippen LogP contribution in [0.5, 0.6) is 0 Å². The van der Waals surface area contributed by atoms with Crippen LogP contribution in [0.15, 0.2) is 18.7 Å². The first-order valence-electron chi connectivity index (χ1n) is 4.17. The fraction of sp³-hybridized carbons (Fsp3) is 0.500. The number of rotatable bonds is 3. The topological polar surface area (TPSA) is 34.1 Å². The SMILES string of the molecule is C=C[C@@H]1CCC[C@@H]1C(=O)C=C=O. The molecular formula is C10H12O2. The predicted molar refractivity (Wildman–Crippen MR) is 46.3 cm³/mol. The number of carbonyl (C=O) groups excluding carboxylic acids is 2. The van der Waals surface area contributed by atoms with Crippen molar-refractivity contribution in [2.45, 2.75) is 19.3 Å². The van der Waals surface area contributed by atoms with Gasteiger partial charge in [-0.2, -0.15) is 0 Å². The van der Waals surface area contributed by atoms with Crippen LogP contribution in [-0.2, 0) is 9.59 Å². The normalized spacial score (nSPS) is 27.7. The van der Waals surface area contributed by atoms with Crippen molar-refractivity contribution in [2.24, 2.45) is 11.8 Å². The lowest BCUT2D eigenvalue weighted by atomic mass is 9.92. The Morgan fingerprint density at radius 2 is 2.25 bits per heavy atom. The van der Waals surface area contributed by atoms with Crippen molar-refractivity contribution in [3.8, 4) is 0 Å². The van der Waals surface area contributed by atoms with E-state index in [1.165, 1.54) is 5.94 Å². The van der Waals surface area contributed by atoms with Crippen molar-refractivity contribution in [2.75, 3.05) is 0 Å². The second kappa shape index (κ2) is 4.03. The molecule has 2 heteroatoms. The van der Waals surface area contributed by atoms with E-state index in [0.717, 1.165) is 25.3 Å². The Bertz CT molecular complexity index is 236. The highest BCUT2D eigenvalue weighted by molar-refractivity contribution is 5.98. The van der Waals surface area contributed by atoms with E-state index in [0.29, 0.717) is 0 Å². The van der Waals surface area contributed by atoms with Gasteiger partial charge in [0.25, 0.3) is 0 Å². The molecule has 0 aliphatic heterocycles. The van der Waals surface area contributed by atoms with Crippen molar-refractivity contribution in [1.82, 2.24) is 0 Å². The van der Waals surface area contributed by atoms with Crippen LogP contribution in [-0.4, -0.2) is 11.7 Å².